The highest BCUT2D eigenvalue weighted by atomic mass is 32.2. The topological polar surface area (TPSA) is 109 Å². The number of nitrogens with zero attached hydrogens (tertiary/aromatic N) is 3. The average Bonchev–Trinajstić information content (AvgIpc) is 3.01. The third-order valence-electron chi connectivity index (χ3n) is 4.52. The minimum absolute atomic E-state index is 0.0108. The molecule has 1 fully saturated rings. The van der Waals surface area contributed by atoms with E-state index in [-0.39, 0.29) is 34.9 Å². The van der Waals surface area contributed by atoms with E-state index in [1.165, 1.54) is 11.8 Å². The molecule has 0 aliphatic carbocycles. The molecule has 1 aromatic carbocycles. The second-order valence-electron chi connectivity index (χ2n) is 6.54. The van der Waals surface area contributed by atoms with Gasteiger partial charge in [0.15, 0.2) is 27.1 Å². The summed E-state index contributed by atoms with van der Waals surface area (Å²) in [5, 5.41) is 11.0. The maximum Gasteiger partial charge on any atom is 0.274 e. The highest BCUT2D eigenvalue weighted by Crippen LogP contribution is 2.19. The maximum absolute atomic E-state index is 12.5. The van der Waals surface area contributed by atoms with Crippen LogP contribution in [0.4, 0.5) is 11.5 Å². The molecule has 1 amide bonds. The number of carbonyl (C=O) groups is 2. The third-order valence-corrected chi connectivity index (χ3v) is 6.27. The van der Waals surface area contributed by atoms with Crippen molar-refractivity contribution >= 4 is 33.0 Å². The van der Waals surface area contributed by atoms with Crippen molar-refractivity contribution in [2.24, 2.45) is 0 Å². The number of hydrogen-bond acceptors (Lipinski definition) is 7. The van der Waals surface area contributed by atoms with Crippen LogP contribution in [0, 0.1) is 0 Å². The first-order valence-corrected chi connectivity index (χ1v) is 10.3. The maximum atomic E-state index is 12.5. The molecule has 1 N–H and O–H groups in total. The molecule has 8 nitrogen and oxygen atoms in total. The summed E-state index contributed by atoms with van der Waals surface area (Å²) in [6.45, 7) is 1.50. The number of hydrogen-bond donors (Lipinski definition) is 1. The fraction of sp³-hybridized carbons (Fsp3) is 0.333. The molecule has 9 heteroatoms. The summed E-state index contributed by atoms with van der Waals surface area (Å²) in [6, 6.07) is 9.76. The molecule has 1 aliphatic rings. The van der Waals surface area contributed by atoms with Crippen LogP contribution >= 0.6 is 0 Å². The Morgan fingerprint density at radius 1 is 1.11 bits per heavy atom. The summed E-state index contributed by atoms with van der Waals surface area (Å²) in [7, 11) is -1.49. The van der Waals surface area contributed by atoms with Crippen LogP contribution in [-0.4, -0.2) is 59.8 Å². The number of nitrogens with one attached hydrogen (secondary N) is 1. The summed E-state index contributed by atoms with van der Waals surface area (Å²) in [5.41, 5.74) is 1.51. The average molecular weight is 388 g/mol. The van der Waals surface area contributed by atoms with Crippen LogP contribution in [0.1, 0.15) is 34.2 Å². The zero-order valence-electron chi connectivity index (χ0n) is 15.0. The van der Waals surface area contributed by atoms with Gasteiger partial charge in [-0.3, -0.25) is 9.59 Å². The highest BCUT2D eigenvalue weighted by Gasteiger charge is 2.33. The minimum atomic E-state index is -3.07. The first kappa shape index (κ1) is 19.0. The first-order valence-electron chi connectivity index (χ1n) is 8.44. The lowest BCUT2D eigenvalue weighted by molar-refractivity contribution is 0.0740. The number of anilines is 2. The van der Waals surface area contributed by atoms with Crippen molar-refractivity contribution in [3.8, 4) is 0 Å². The number of benzene rings is 1. The molecule has 142 valence electrons. The van der Waals surface area contributed by atoms with Crippen LogP contribution in [0.5, 0.6) is 0 Å². The normalized spacial score (nSPS) is 18.1. The molecule has 1 atom stereocenters. The van der Waals surface area contributed by atoms with Gasteiger partial charge in [-0.1, -0.05) is 0 Å². The lowest BCUT2D eigenvalue weighted by Gasteiger charge is -2.22. The Labute approximate surface area is 157 Å². The molecular weight excluding hydrogens is 368 g/mol. The quantitative estimate of drug-likeness (QED) is 0.776. The van der Waals surface area contributed by atoms with E-state index in [9.17, 15) is 18.0 Å². The molecule has 27 heavy (non-hydrogen) atoms. The van der Waals surface area contributed by atoms with Gasteiger partial charge in [0.05, 0.1) is 11.5 Å². The molecular formula is C18H20N4O4S. The van der Waals surface area contributed by atoms with E-state index in [1.807, 2.05) is 0 Å². The van der Waals surface area contributed by atoms with E-state index >= 15 is 0 Å². The Kier molecular flexibility index (Phi) is 5.22. The summed E-state index contributed by atoms with van der Waals surface area (Å²) in [5.74, 6) is 0.170. The molecule has 0 saturated carbocycles. The van der Waals surface area contributed by atoms with Crippen LogP contribution in [0.2, 0.25) is 0 Å². The van der Waals surface area contributed by atoms with E-state index in [1.54, 1.807) is 43.4 Å². The monoisotopic (exact) mass is 388 g/mol. The molecule has 2 heterocycles. The fourth-order valence-corrected chi connectivity index (χ4v) is 4.65. The van der Waals surface area contributed by atoms with Crippen LogP contribution < -0.4 is 5.32 Å². The van der Waals surface area contributed by atoms with Crippen LogP contribution in [0.15, 0.2) is 36.4 Å². The summed E-state index contributed by atoms with van der Waals surface area (Å²) in [4.78, 5) is 25.2. The molecule has 1 unspecified atom stereocenters. The van der Waals surface area contributed by atoms with E-state index in [2.05, 4.69) is 15.5 Å². The minimum Gasteiger partial charge on any atom is -0.339 e. The zero-order chi connectivity index (χ0) is 19.6. The van der Waals surface area contributed by atoms with Crippen molar-refractivity contribution in [2.75, 3.05) is 23.9 Å². The van der Waals surface area contributed by atoms with Crippen molar-refractivity contribution in [1.29, 1.82) is 0 Å². The number of sulfone groups is 1. The molecule has 0 radical (unpaired) electrons. The van der Waals surface area contributed by atoms with Gasteiger partial charge >= 0.3 is 0 Å². The SMILES string of the molecule is CC(=O)c1ccc(Nc2ccc(C(=O)N(C)C3CCS(=O)(=O)C3)nn2)cc1. The number of ketones is 1. The summed E-state index contributed by atoms with van der Waals surface area (Å²) < 4.78 is 23.2. The van der Waals surface area contributed by atoms with E-state index in [4.69, 9.17) is 0 Å². The van der Waals surface area contributed by atoms with Crippen molar-refractivity contribution in [2.45, 2.75) is 19.4 Å². The number of Topliss-reactive ketones (excluding diaryl/α,β-unsaturated/α-hetero) is 1. The smallest absolute Gasteiger partial charge is 0.274 e. The lowest BCUT2D eigenvalue weighted by atomic mass is 10.1. The van der Waals surface area contributed by atoms with Crippen molar-refractivity contribution in [3.63, 3.8) is 0 Å². The fourth-order valence-electron chi connectivity index (χ4n) is 2.88. The summed E-state index contributed by atoms with van der Waals surface area (Å²) in [6.07, 6.45) is 0.438. The van der Waals surface area contributed by atoms with Crippen molar-refractivity contribution in [3.05, 3.63) is 47.7 Å². The number of carbonyl (C=O) groups excluding carboxylic acids is 2. The Hall–Kier alpha value is -2.81. The molecule has 3 rings (SSSR count). The molecule has 0 spiro atoms. The van der Waals surface area contributed by atoms with Crippen LogP contribution in [0.3, 0.4) is 0 Å². The molecule has 1 aromatic heterocycles. The van der Waals surface area contributed by atoms with E-state index < -0.39 is 9.84 Å². The van der Waals surface area contributed by atoms with Gasteiger partial charge < -0.3 is 10.2 Å². The predicted molar refractivity (Wildman–Crippen MR) is 101 cm³/mol. The lowest BCUT2D eigenvalue weighted by Crippen LogP contribution is -2.38. The van der Waals surface area contributed by atoms with Gasteiger partial charge in [-0.25, -0.2) is 8.42 Å². The van der Waals surface area contributed by atoms with Gasteiger partial charge in [-0.05, 0) is 49.7 Å². The van der Waals surface area contributed by atoms with Gasteiger partial charge in [0, 0.05) is 24.3 Å². The number of aromatic nitrogens is 2. The van der Waals surface area contributed by atoms with Crippen LogP contribution in [0.25, 0.3) is 0 Å². The molecule has 1 saturated heterocycles. The Bertz CT molecular complexity index is 956. The first-order chi connectivity index (χ1) is 12.7. The molecule has 2 aromatic rings. The largest absolute Gasteiger partial charge is 0.339 e. The predicted octanol–water partition coefficient (Wildman–Crippen LogP) is 1.68. The van der Waals surface area contributed by atoms with Gasteiger partial charge in [0.25, 0.3) is 5.91 Å². The van der Waals surface area contributed by atoms with E-state index in [0.29, 0.717) is 17.8 Å². The van der Waals surface area contributed by atoms with Gasteiger partial charge in [0.2, 0.25) is 0 Å². The second kappa shape index (κ2) is 7.43. The highest BCUT2D eigenvalue weighted by molar-refractivity contribution is 7.91. The Morgan fingerprint density at radius 3 is 2.33 bits per heavy atom. The summed E-state index contributed by atoms with van der Waals surface area (Å²) >= 11 is 0. The van der Waals surface area contributed by atoms with Crippen LogP contribution in [-0.2, 0) is 9.84 Å². The third kappa shape index (κ3) is 4.48. The molecule has 0 bridgehead atoms. The van der Waals surface area contributed by atoms with E-state index in [0.717, 1.165) is 5.69 Å². The molecule has 1 aliphatic heterocycles. The standard InChI is InChI=1S/C18H20N4O4S/c1-12(23)13-3-5-14(6-4-13)19-17-8-7-16(20-21-17)18(24)22(2)15-9-10-27(25,26)11-15/h3-8,15H,9-11H2,1-2H3,(H,19,21). The number of rotatable bonds is 5. The van der Waals surface area contributed by atoms with Crippen molar-refractivity contribution < 1.29 is 18.0 Å². The number of amides is 1. The van der Waals surface area contributed by atoms with Gasteiger partial charge in [-0.2, -0.15) is 0 Å². The Balaban J connectivity index is 1.66. The van der Waals surface area contributed by atoms with Gasteiger partial charge in [0.1, 0.15) is 0 Å². The van der Waals surface area contributed by atoms with Gasteiger partial charge in [-0.15, -0.1) is 10.2 Å². The zero-order valence-corrected chi connectivity index (χ0v) is 15.9. The Morgan fingerprint density at radius 2 is 1.81 bits per heavy atom. The second-order valence-corrected chi connectivity index (χ2v) is 8.76. The van der Waals surface area contributed by atoms with Crippen molar-refractivity contribution in [1.82, 2.24) is 15.1 Å².